The molecule has 0 aromatic heterocycles. The molecular weight excluding hydrogens is 254 g/mol. The van der Waals surface area contributed by atoms with E-state index in [0.717, 1.165) is 11.6 Å². The van der Waals surface area contributed by atoms with Gasteiger partial charge in [0.2, 0.25) is 5.75 Å². The first-order chi connectivity index (χ1) is 9.67. The summed E-state index contributed by atoms with van der Waals surface area (Å²) in [6.07, 6.45) is 5.08. The Morgan fingerprint density at radius 1 is 1.00 bits per heavy atom. The zero-order valence-corrected chi connectivity index (χ0v) is 12.9. The Kier molecular flexibility index (Phi) is 4.99. The lowest BCUT2D eigenvalue weighted by molar-refractivity contribution is 0.324. The number of benzene rings is 1. The third-order valence-corrected chi connectivity index (χ3v) is 3.97. The van der Waals surface area contributed by atoms with E-state index >= 15 is 0 Å². The van der Waals surface area contributed by atoms with Gasteiger partial charge in [0, 0.05) is 23.9 Å². The van der Waals surface area contributed by atoms with Gasteiger partial charge in [0.1, 0.15) is 0 Å². The number of hydrogen-bond acceptors (Lipinski definition) is 4. The average Bonchev–Trinajstić information content (AvgIpc) is 2.46. The molecule has 2 unspecified atom stereocenters. The molecule has 2 atom stereocenters. The zero-order valence-electron chi connectivity index (χ0n) is 12.9. The maximum atomic E-state index is 5.38. The lowest BCUT2D eigenvalue weighted by Gasteiger charge is -2.28. The molecule has 0 amide bonds. The summed E-state index contributed by atoms with van der Waals surface area (Å²) in [5.41, 5.74) is 1.03. The highest BCUT2D eigenvalue weighted by Gasteiger charge is 2.20. The number of ether oxygens (including phenoxy) is 3. The van der Waals surface area contributed by atoms with Gasteiger partial charge in [-0.2, -0.15) is 0 Å². The van der Waals surface area contributed by atoms with E-state index in [1.807, 2.05) is 12.1 Å². The first-order valence-corrected chi connectivity index (χ1v) is 7.24. The van der Waals surface area contributed by atoms with Gasteiger partial charge in [-0.15, -0.1) is 0 Å². The Bertz CT molecular complexity index is 422. The van der Waals surface area contributed by atoms with Crippen LogP contribution in [0, 0.1) is 5.92 Å². The van der Waals surface area contributed by atoms with Crippen LogP contribution in [0.3, 0.4) is 0 Å². The topological polar surface area (TPSA) is 39.7 Å². The Labute approximate surface area is 121 Å². The molecule has 1 fully saturated rings. The maximum Gasteiger partial charge on any atom is 0.203 e. The van der Waals surface area contributed by atoms with Crippen molar-refractivity contribution in [2.24, 2.45) is 5.92 Å². The molecule has 2 rings (SSSR count). The minimum absolute atomic E-state index is 0.529. The second kappa shape index (κ2) is 6.73. The zero-order chi connectivity index (χ0) is 14.5. The minimum Gasteiger partial charge on any atom is -0.493 e. The Hall–Kier alpha value is -1.58. The van der Waals surface area contributed by atoms with E-state index in [-0.39, 0.29) is 0 Å². The molecule has 0 aliphatic heterocycles. The summed E-state index contributed by atoms with van der Waals surface area (Å²) in [4.78, 5) is 0. The molecule has 112 valence electrons. The molecule has 4 heteroatoms. The van der Waals surface area contributed by atoms with Crippen LogP contribution in [-0.4, -0.2) is 27.4 Å². The van der Waals surface area contributed by atoms with Crippen molar-refractivity contribution in [2.45, 2.75) is 38.6 Å². The number of hydrogen-bond donors (Lipinski definition) is 1. The van der Waals surface area contributed by atoms with Crippen molar-refractivity contribution >= 4 is 5.69 Å². The fourth-order valence-electron chi connectivity index (χ4n) is 2.97. The van der Waals surface area contributed by atoms with Gasteiger partial charge in [-0.05, 0) is 18.8 Å². The van der Waals surface area contributed by atoms with E-state index < -0.39 is 0 Å². The molecule has 1 aromatic rings. The lowest BCUT2D eigenvalue weighted by Crippen LogP contribution is -2.26. The molecule has 1 aliphatic rings. The van der Waals surface area contributed by atoms with Crippen LogP contribution < -0.4 is 19.5 Å². The normalized spacial score (nSPS) is 22.2. The van der Waals surface area contributed by atoms with Crippen molar-refractivity contribution in [1.82, 2.24) is 0 Å². The minimum atomic E-state index is 0.529. The summed E-state index contributed by atoms with van der Waals surface area (Å²) < 4.78 is 16.1. The van der Waals surface area contributed by atoms with Crippen LogP contribution in [0.25, 0.3) is 0 Å². The second-order valence-electron chi connectivity index (χ2n) is 5.53. The smallest absolute Gasteiger partial charge is 0.203 e. The standard InChI is InChI=1S/C16H25NO3/c1-11-6-5-7-12(8-11)17-13-9-14(18-2)16(20-4)15(10-13)19-3/h9-12,17H,5-8H2,1-4H3. The summed E-state index contributed by atoms with van der Waals surface area (Å²) in [7, 11) is 4.91. The van der Waals surface area contributed by atoms with Gasteiger partial charge in [0.15, 0.2) is 11.5 Å². The summed E-state index contributed by atoms with van der Waals surface area (Å²) in [5.74, 6) is 2.82. The van der Waals surface area contributed by atoms with Gasteiger partial charge < -0.3 is 19.5 Å². The number of rotatable bonds is 5. The van der Waals surface area contributed by atoms with Crippen LogP contribution in [0.5, 0.6) is 17.2 Å². The fourth-order valence-corrected chi connectivity index (χ4v) is 2.97. The monoisotopic (exact) mass is 279 g/mol. The second-order valence-corrected chi connectivity index (χ2v) is 5.53. The number of nitrogens with one attached hydrogen (secondary N) is 1. The van der Waals surface area contributed by atoms with Gasteiger partial charge >= 0.3 is 0 Å². The van der Waals surface area contributed by atoms with Crippen molar-refractivity contribution in [2.75, 3.05) is 26.6 Å². The first-order valence-electron chi connectivity index (χ1n) is 7.24. The van der Waals surface area contributed by atoms with Crippen molar-refractivity contribution in [3.05, 3.63) is 12.1 Å². The van der Waals surface area contributed by atoms with Crippen molar-refractivity contribution in [3.8, 4) is 17.2 Å². The van der Waals surface area contributed by atoms with Crippen LogP contribution in [0.4, 0.5) is 5.69 Å². The van der Waals surface area contributed by atoms with Gasteiger partial charge in [-0.3, -0.25) is 0 Å². The van der Waals surface area contributed by atoms with E-state index in [1.54, 1.807) is 21.3 Å². The van der Waals surface area contributed by atoms with E-state index in [1.165, 1.54) is 25.7 Å². The highest BCUT2D eigenvalue weighted by Crippen LogP contribution is 2.40. The molecular formula is C16H25NO3. The molecule has 0 radical (unpaired) electrons. The highest BCUT2D eigenvalue weighted by molar-refractivity contribution is 5.62. The molecule has 0 spiro atoms. The van der Waals surface area contributed by atoms with Crippen LogP contribution in [0.1, 0.15) is 32.6 Å². The number of methoxy groups -OCH3 is 3. The third kappa shape index (κ3) is 3.30. The van der Waals surface area contributed by atoms with E-state index in [9.17, 15) is 0 Å². The molecule has 0 bridgehead atoms. The molecule has 20 heavy (non-hydrogen) atoms. The van der Waals surface area contributed by atoms with Gasteiger partial charge in [-0.25, -0.2) is 0 Å². The van der Waals surface area contributed by atoms with Crippen LogP contribution >= 0.6 is 0 Å². The molecule has 0 saturated heterocycles. The van der Waals surface area contributed by atoms with E-state index in [0.29, 0.717) is 23.3 Å². The van der Waals surface area contributed by atoms with Crippen molar-refractivity contribution in [1.29, 1.82) is 0 Å². The lowest BCUT2D eigenvalue weighted by atomic mass is 9.87. The van der Waals surface area contributed by atoms with Crippen molar-refractivity contribution < 1.29 is 14.2 Å². The number of anilines is 1. The molecule has 0 heterocycles. The SMILES string of the molecule is COc1cc(NC2CCCC(C)C2)cc(OC)c1OC. The Morgan fingerprint density at radius 2 is 1.65 bits per heavy atom. The highest BCUT2D eigenvalue weighted by atomic mass is 16.5. The predicted molar refractivity (Wildman–Crippen MR) is 81.1 cm³/mol. The largest absolute Gasteiger partial charge is 0.493 e. The van der Waals surface area contributed by atoms with E-state index in [2.05, 4.69) is 12.2 Å². The molecule has 1 saturated carbocycles. The van der Waals surface area contributed by atoms with Crippen molar-refractivity contribution in [3.63, 3.8) is 0 Å². The average molecular weight is 279 g/mol. The molecule has 1 aromatic carbocycles. The predicted octanol–water partition coefficient (Wildman–Crippen LogP) is 3.70. The van der Waals surface area contributed by atoms with Gasteiger partial charge in [0.25, 0.3) is 0 Å². The fraction of sp³-hybridized carbons (Fsp3) is 0.625. The van der Waals surface area contributed by atoms with E-state index in [4.69, 9.17) is 14.2 Å². The van der Waals surface area contributed by atoms with Crippen LogP contribution in [0.15, 0.2) is 12.1 Å². The quantitative estimate of drug-likeness (QED) is 0.892. The molecule has 1 aliphatic carbocycles. The summed E-state index contributed by atoms with van der Waals surface area (Å²) in [6, 6.07) is 4.47. The van der Waals surface area contributed by atoms with Gasteiger partial charge in [0.05, 0.1) is 21.3 Å². The Balaban J connectivity index is 2.19. The first kappa shape index (κ1) is 14.8. The summed E-state index contributed by atoms with van der Waals surface area (Å²) in [5, 5.41) is 3.60. The van der Waals surface area contributed by atoms with Crippen LogP contribution in [0.2, 0.25) is 0 Å². The summed E-state index contributed by atoms with van der Waals surface area (Å²) >= 11 is 0. The summed E-state index contributed by atoms with van der Waals surface area (Å²) in [6.45, 7) is 2.32. The maximum absolute atomic E-state index is 5.38. The van der Waals surface area contributed by atoms with Gasteiger partial charge in [-0.1, -0.05) is 19.8 Å². The third-order valence-electron chi connectivity index (χ3n) is 3.97. The van der Waals surface area contributed by atoms with Crippen LogP contribution in [-0.2, 0) is 0 Å². The molecule has 4 nitrogen and oxygen atoms in total. The Morgan fingerprint density at radius 3 is 2.15 bits per heavy atom. The molecule has 1 N–H and O–H groups in total.